The van der Waals surface area contributed by atoms with E-state index in [4.69, 9.17) is 9.84 Å². The van der Waals surface area contributed by atoms with E-state index in [9.17, 15) is 4.79 Å². The van der Waals surface area contributed by atoms with Crippen molar-refractivity contribution in [3.05, 3.63) is 29.3 Å². The zero-order valence-electron chi connectivity index (χ0n) is 14.9. The molecule has 3 fully saturated rings. The molecule has 4 rings (SSSR count). The van der Waals surface area contributed by atoms with Gasteiger partial charge in [0.05, 0.1) is 13.2 Å². The van der Waals surface area contributed by atoms with Crippen LogP contribution in [0.5, 0.6) is 0 Å². The largest absolute Gasteiger partial charge is 0.465 e. The van der Waals surface area contributed by atoms with Crippen LogP contribution in [-0.4, -0.2) is 73.5 Å². The molecule has 3 aliphatic rings. The molecule has 6 nitrogen and oxygen atoms in total. The summed E-state index contributed by atoms with van der Waals surface area (Å²) in [5.74, 6) is 0.998. The van der Waals surface area contributed by atoms with Gasteiger partial charge in [-0.1, -0.05) is 12.1 Å². The van der Waals surface area contributed by atoms with Gasteiger partial charge in [-0.2, -0.15) is 0 Å². The van der Waals surface area contributed by atoms with E-state index in [1.165, 1.54) is 16.8 Å². The number of rotatable bonds is 3. The summed E-state index contributed by atoms with van der Waals surface area (Å²) in [6.45, 7) is 10.1. The van der Waals surface area contributed by atoms with E-state index >= 15 is 0 Å². The van der Waals surface area contributed by atoms with Crippen molar-refractivity contribution in [3.8, 4) is 0 Å². The van der Waals surface area contributed by atoms with E-state index in [2.05, 4.69) is 34.9 Å². The lowest BCUT2D eigenvalue weighted by molar-refractivity contribution is 0.122. The molecule has 1 aromatic rings. The van der Waals surface area contributed by atoms with Gasteiger partial charge in [0, 0.05) is 51.5 Å². The summed E-state index contributed by atoms with van der Waals surface area (Å²) in [5.41, 5.74) is 4.09. The van der Waals surface area contributed by atoms with Gasteiger partial charge in [-0.05, 0) is 36.0 Å². The molecule has 25 heavy (non-hydrogen) atoms. The average molecular weight is 345 g/mol. The number of fused-ring (bicyclic) bond motifs is 1. The maximum Gasteiger partial charge on any atom is 0.407 e. The maximum atomic E-state index is 11.1. The molecule has 3 heterocycles. The van der Waals surface area contributed by atoms with Crippen molar-refractivity contribution in [1.29, 1.82) is 0 Å². The van der Waals surface area contributed by atoms with E-state index in [1.54, 1.807) is 4.90 Å². The fourth-order valence-electron chi connectivity index (χ4n) is 4.60. The minimum absolute atomic E-state index is 0.499. The molecule has 0 bridgehead atoms. The van der Waals surface area contributed by atoms with Gasteiger partial charge in [-0.25, -0.2) is 4.79 Å². The monoisotopic (exact) mass is 345 g/mol. The molecule has 2 atom stereocenters. The molecule has 0 aliphatic carbocycles. The van der Waals surface area contributed by atoms with Gasteiger partial charge >= 0.3 is 6.09 Å². The van der Waals surface area contributed by atoms with Gasteiger partial charge in [-0.3, -0.25) is 4.90 Å². The molecule has 6 heteroatoms. The van der Waals surface area contributed by atoms with Crippen LogP contribution in [0.3, 0.4) is 0 Å². The van der Waals surface area contributed by atoms with Crippen molar-refractivity contribution in [2.75, 3.05) is 57.4 Å². The van der Waals surface area contributed by atoms with Crippen molar-refractivity contribution in [2.45, 2.75) is 13.5 Å². The van der Waals surface area contributed by atoms with Crippen molar-refractivity contribution < 1.29 is 14.6 Å². The van der Waals surface area contributed by atoms with Crippen molar-refractivity contribution >= 4 is 11.8 Å². The molecule has 136 valence electrons. The van der Waals surface area contributed by atoms with Crippen LogP contribution in [0.25, 0.3) is 0 Å². The average Bonchev–Trinajstić information content (AvgIpc) is 3.16. The van der Waals surface area contributed by atoms with E-state index in [0.29, 0.717) is 24.9 Å². The topological polar surface area (TPSA) is 56.2 Å². The second-order valence-electron chi connectivity index (χ2n) is 7.56. The Bertz CT molecular complexity index is 631. The lowest BCUT2D eigenvalue weighted by atomic mass is 10.0. The Balaban J connectivity index is 1.41. The van der Waals surface area contributed by atoms with Gasteiger partial charge in [0.15, 0.2) is 0 Å². The first-order valence-electron chi connectivity index (χ1n) is 9.23. The molecule has 1 amide bonds. The molecule has 1 N–H and O–H groups in total. The van der Waals surface area contributed by atoms with Gasteiger partial charge in [0.1, 0.15) is 0 Å². The predicted octanol–water partition coefficient (Wildman–Crippen LogP) is 1.87. The number of ether oxygens (including phenoxy) is 1. The number of amides is 1. The number of carboxylic acid groups (broad SMARTS) is 1. The summed E-state index contributed by atoms with van der Waals surface area (Å²) in [6.07, 6.45) is -0.769. The summed E-state index contributed by atoms with van der Waals surface area (Å²) in [6, 6.07) is 6.61. The third-order valence-electron chi connectivity index (χ3n) is 6.00. The highest BCUT2D eigenvalue weighted by molar-refractivity contribution is 5.65. The Morgan fingerprint density at radius 3 is 2.48 bits per heavy atom. The summed E-state index contributed by atoms with van der Waals surface area (Å²) in [5, 5.41) is 9.16. The highest BCUT2D eigenvalue weighted by Gasteiger charge is 2.41. The lowest BCUT2D eigenvalue weighted by Crippen LogP contribution is -2.36. The summed E-state index contributed by atoms with van der Waals surface area (Å²) < 4.78 is 5.47. The highest BCUT2D eigenvalue weighted by atomic mass is 16.5. The number of nitrogens with zero attached hydrogens (tertiary/aromatic N) is 3. The quantitative estimate of drug-likeness (QED) is 0.906. The molecule has 0 radical (unpaired) electrons. The summed E-state index contributed by atoms with van der Waals surface area (Å²) in [4.78, 5) is 17.6. The molecule has 0 spiro atoms. The number of benzene rings is 1. The van der Waals surface area contributed by atoms with Crippen LogP contribution in [0.15, 0.2) is 18.2 Å². The molecule has 1 aromatic carbocycles. The number of hydrogen-bond acceptors (Lipinski definition) is 4. The van der Waals surface area contributed by atoms with Crippen LogP contribution in [0, 0.1) is 18.8 Å². The number of likely N-dealkylation sites (tertiary alicyclic amines) is 2. The smallest absolute Gasteiger partial charge is 0.407 e. The molecular weight excluding hydrogens is 318 g/mol. The van der Waals surface area contributed by atoms with Gasteiger partial charge in [-0.15, -0.1) is 0 Å². The Morgan fingerprint density at radius 1 is 1.16 bits per heavy atom. The van der Waals surface area contributed by atoms with E-state index in [-0.39, 0.29) is 0 Å². The minimum atomic E-state index is -0.769. The van der Waals surface area contributed by atoms with E-state index in [1.807, 2.05) is 0 Å². The Morgan fingerprint density at radius 2 is 1.84 bits per heavy atom. The zero-order chi connectivity index (χ0) is 17.4. The third kappa shape index (κ3) is 3.33. The standard InChI is InChI=1S/C19H27N3O3/c1-14-15(3-2-4-18(14)21-5-7-25-8-6-21)9-20-10-16-12-22(19(23)24)13-17(16)11-20/h2-4,16-17H,5-13H2,1H3,(H,23,24). The molecule has 0 aromatic heterocycles. The van der Waals surface area contributed by atoms with Crippen molar-refractivity contribution in [1.82, 2.24) is 9.80 Å². The maximum absolute atomic E-state index is 11.1. The van der Waals surface area contributed by atoms with Crippen molar-refractivity contribution in [3.63, 3.8) is 0 Å². The highest BCUT2D eigenvalue weighted by Crippen LogP contribution is 2.33. The summed E-state index contributed by atoms with van der Waals surface area (Å²) in [7, 11) is 0. The van der Waals surface area contributed by atoms with Crippen LogP contribution >= 0.6 is 0 Å². The zero-order valence-corrected chi connectivity index (χ0v) is 14.9. The fourth-order valence-corrected chi connectivity index (χ4v) is 4.60. The number of morpholine rings is 1. The summed E-state index contributed by atoms with van der Waals surface area (Å²) >= 11 is 0. The Labute approximate surface area is 149 Å². The van der Waals surface area contributed by atoms with Crippen LogP contribution < -0.4 is 4.90 Å². The normalized spacial score (nSPS) is 26.9. The van der Waals surface area contributed by atoms with Crippen LogP contribution in [0.1, 0.15) is 11.1 Å². The van der Waals surface area contributed by atoms with Crippen LogP contribution in [-0.2, 0) is 11.3 Å². The first kappa shape index (κ1) is 16.7. The number of anilines is 1. The number of carbonyl (C=O) groups is 1. The number of hydrogen-bond donors (Lipinski definition) is 1. The molecular formula is C19H27N3O3. The second kappa shape index (κ2) is 6.84. The molecule has 3 saturated heterocycles. The first-order valence-corrected chi connectivity index (χ1v) is 9.23. The molecule has 0 saturated carbocycles. The predicted molar refractivity (Wildman–Crippen MR) is 96.1 cm³/mol. The Hall–Kier alpha value is -1.79. The van der Waals surface area contributed by atoms with Crippen LogP contribution in [0.2, 0.25) is 0 Å². The van der Waals surface area contributed by atoms with Crippen molar-refractivity contribution in [2.24, 2.45) is 11.8 Å². The molecule has 2 unspecified atom stereocenters. The van der Waals surface area contributed by atoms with Crippen LogP contribution in [0.4, 0.5) is 10.5 Å². The van der Waals surface area contributed by atoms with E-state index < -0.39 is 6.09 Å². The van der Waals surface area contributed by atoms with Gasteiger partial charge in [0.25, 0.3) is 0 Å². The molecule has 3 aliphatic heterocycles. The lowest BCUT2D eigenvalue weighted by Gasteiger charge is -2.31. The van der Waals surface area contributed by atoms with Gasteiger partial charge in [0.2, 0.25) is 0 Å². The first-order chi connectivity index (χ1) is 12.1. The Kier molecular flexibility index (Phi) is 4.56. The van der Waals surface area contributed by atoms with E-state index in [0.717, 1.165) is 45.9 Å². The SMILES string of the molecule is Cc1c(CN2CC3CN(C(=O)O)CC3C2)cccc1N1CCOCC1. The minimum Gasteiger partial charge on any atom is -0.465 e. The fraction of sp³-hybridized carbons (Fsp3) is 0.632. The van der Waals surface area contributed by atoms with Gasteiger partial charge < -0.3 is 19.6 Å². The third-order valence-corrected chi connectivity index (χ3v) is 6.00. The second-order valence-corrected chi connectivity index (χ2v) is 7.56.